The molecule has 3 aliphatic rings. The third-order valence-corrected chi connectivity index (χ3v) is 5.53. The quantitative estimate of drug-likeness (QED) is 0.796. The zero-order valence-corrected chi connectivity index (χ0v) is 12.2. The number of Topliss-reactive ketones (excluding diaryl/α,β-unsaturated/α-hetero) is 1. The second-order valence-corrected chi connectivity index (χ2v) is 6.57. The molecule has 0 N–H and O–H groups in total. The molecule has 2 aromatic carbocycles. The fourth-order valence-electron chi connectivity index (χ4n) is 4.66. The topological polar surface area (TPSA) is 17.1 Å². The van der Waals surface area contributed by atoms with Gasteiger partial charge in [-0.25, -0.2) is 0 Å². The van der Waals surface area contributed by atoms with Gasteiger partial charge in [-0.1, -0.05) is 60.7 Å². The summed E-state index contributed by atoms with van der Waals surface area (Å²) in [6.45, 7) is 0. The van der Waals surface area contributed by atoms with Crippen LogP contribution in [0, 0.1) is 11.8 Å². The number of benzene rings is 2. The molecule has 0 saturated heterocycles. The Morgan fingerprint density at radius 2 is 1.38 bits per heavy atom. The fourth-order valence-corrected chi connectivity index (χ4v) is 4.66. The fraction of sp³-hybridized carbons (Fsp3) is 0.350. The summed E-state index contributed by atoms with van der Waals surface area (Å²) in [4.78, 5) is 12.6. The van der Waals surface area contributed by atoms with E-state index in [1.807, 2.05) is 0 Å². The van der Waals surface area contributed by atoms with Crippen molar-refractivity contribution in [2.45, 2.75) is 31.1 Å². The summed E-state index contributed by atoms with van der Waals surface area (Å²) in [5.41, 5.74) is 2.54. The maximum atomic E-state index is 12.6. The highest BCUT2D eigenvalue weighted by atomic mass is 16.1. The second-order valence-electron chi connectivity index (χ2n) is 6.57. The Bertz CT molecular complexity index is 605. The van der Waals surface area contributed by atoms with Crippen LogP contribution in [0.2, 0.25) is 0 Å². The van der Waals surface area contributed by atoms with Crippen LogP contribution >= 0.6 is 0 Å². The van der Waals surface area contributed by atoms with Gasteiger partial charge in [0.15, 0.2) is 0 Å². The molecule has 1 nitrogen and oxygen atoms in total. The van der Waals surface area contributed by atoms with Crippen LogP contribution in [0.25, 0.3) is 0 Å². The molecule has 2 aromatic rings. The van der Waals surface area contributed by atoms with Crippen LogP contribution < -0.4 is 0 Å². The summed E-state index contributed by atoms with van der Waals surface area (Å²) in [5.74, 6) is 1.19. The second kappa shape index (κ2) is 4.84. The van der Waals surface area contributed by atoms with Crippen molar-refractivity contribution in [3.05, 3.63) is 71.8 Å². The van der Waals surface area contributed by atoms with Gasteiger partial charge in [-0.3, -0.25) is 4.79 Å². The Balaban J connectivity index is 1.94. The molecule has 3 fully saturated rings. The average Bonchev–Trinajstić information content (AvgIpc) is 2.56. The lowest BCUT2D eigenvalue weighted by atomic mass is 9.51. The molecular weight excluding hydrogens is 256 g/mol. The molecule has 0 radical (unpaired) electrons. The molecule has 21 heavy (non-hydrogen) atoms. The van der Waals surface area contributed by atoms with Crippen molar-refractivity contribution in [2.75, 3.05) is 0 Å². The van der Waals surface area contributed by atoms with E-state index in [1.54, 1.807) is 0 Å². The molecule has 0 aliphatic heterocycles. The van der Waals surface area contributed by atoms with E-state index in [0.29, 0.717) is 11.7 Å². The highest BCUT2D eigenvalue weighted by Gasteiger charge is 2.53. The van der Waals surface area contributed by atoms with E-state index in [2.05, 4.69) is 60.7 Å². The van der Waals surface area contributed by atoms with E-state index < -0.39 is 0 Å². The first-order valence-corrected chi connectivity index (χ1v) is 7.94. The van der Waals surface area contributed by atoms with Crippen molar-refractivity contribution in [3.63, 3.8) is 0 Å². The number of rotatable bonds is 2. The van der Waals surface area contributed by atoms with E-state index in [-0.39, 0.29) is 11.3 Å². The molecule has 5 rings (SSSR count). The molecule has 2 unspecified atom stereocenters. The van der Waals surface area contributed by atoms with Gasteiger partial charge in [0.1, 0.15) is 5.78 Å². The van der Waals surface area contributed by atoms with E-state index in [4.69, 9.17) is 0 Å². The van der Waals surface area contributed by atoms with Gasteiger partial charge in [0.2, 0.25) is 0 Å². The first kappa shape index (κ1) is 12.8. The summed E-state index contributed by atoms with van der Waals surface area (Å²) in [6, 6.07) is 21.4. The van der Waals surface area contributed by atoms with Gasteiger partial charge >= 0.3 is 0 Å². The predicted octanol–water partition coefficient (Wildman–Crippen LogP) is 4.36. The van der Waals surface area contributed by atoms with Crippen LogP contribution in [-0.2, 0) is 10.2 Å². The van der Waals surface area contributed by atoms with Crippen molar-refractivity contribution in [1.29, 1.82) is 0 Å². The minimum atomic E-state index is -0.0965. The maximum Gasteiger partial charge on any atom is 0.137 e. The molecule has 3 aliphatic carbocycles. The lowest BCUT2D eigenvalue weighted by molar-refractivity contribution is -0.132. The first-order chi connectivity index (χ1) is 10.3. The van der Waals surface area contributed by atoms with E-state index >= 15 is 0 Å². The van der Waals surface area contributed by atoms with Gasteiger partial charge in [-0.05, 0) is 36.3 Å². The van der Waals surface area contributed by atoms with Crippen LogP contribution in [0.15, 0.2) is 60.7 Å². The number of ketones is 1. The monoisotopic (exact) mass is 276 g/mol. The summed E-state index contributed by atoms with van der Waals surface area (Å²) in [7, 11) is 0. The van der Waals surface area contributed by atoms with Crippen LogP contribution in [0.4, 0.5) is 0 Å². The van der Waals surface area contributed by atoms with Crippen molar-refractivity contribution >= 4 is 5.78 Å². The van der Waals surface area contributed by atoms with Crippen LogP contribution in [-0.4, -0.2) is 5.78 Å². The lowest BCUT2D eigenvalue weighted by Crippen LogP contribution is -2.50. The van der Waals surface area contributed by atoms with E-state index in [9.17, 15) is 4.79 Å². The lowest BCUT2D eigenvalue weighted by Gasteiger charge is -2.51. The van der Waals surface area contributed by atoms with E-state index in [1.165, 1.54) is 17.5 Å². The smallest absolute Gasteiger partial charge is 0.137 e. The summed E-state index contributed by atoms with van der Waals surface area (Å²) >= 11 is 0. The number of fused-ring (bicyclic) bond motifs is 3. The standard InChI is InChI=1S/C20H20O/c21-19-13-15-11-12-18(19)20(14-15,16-7-3-1-4-8-16)17-9-5-2-6-10-17/h1-10,15,18H,11-14H2. The minimum Gasteiger partial charge on any atom is -0.299 e. The minimum absolute atomic E-state index is 0.0965. The van der Waals surface area contributed by atoms with Gasteiger partial charge in [0.05, 0.1) is 0 Å². The first-order valence-electron chi connectivity index (χ1n) is 7.94. The number of hydrogen-bond acceptors (Lipinski definition) is 1. The molecule has 0 spiro atoms. The van der Waals surface area contributed by atoms with Gasteiger partial charge in [0.25, 0.3) is 0 Å². The number of carbonyl (C=O) groups excluding carboxylic acids is 1. The SMILES string of the molecule is O=C1CC2CCC1C(c1ccccc1)(c1ccccc1)C2. The molecule has 0 amide bonds. The highest BCUT2D eigenvalue weighted by molar-refractivity contribution is 5.86. The average molecular weight is 276 g/mol. The molecule has 106 valence electrons. The number of carbonyl (C=O) groups is 1. The largest absolute Gasteiger partial charge is 0.299 e. The van der Waals surface area contributed by atoms with Gasteiger partial charge in [0, 0.05) is 17.8 Å². The zero-order chi connectivity index (χ0) is 14.3. The van der Waals surface area contributed by atoms with Crippen LogP contribution in [0.1, 0.15) is 36.8 Å². The van der Waals surface area contributed by atoms with Crippen LogP contribution in [0.3, 0.4) is 0 Å². The maximum absolute atomic E-state index is 12.6. The third-order valence-electron chi connectivity index (χ3n) is 5.53. The highest BCUT2D eigenvalue weighted by Crippen LogP contribution is 2.55. The Morgan fingerprint density at radius 1 is 0.810 bits per heavy atom. The Hall–Kier alpha value is -1.89. The molecular formula is C20H20O. The van der Waals surface area contributed by atoms with Gasteiger partial charge in [-0.2, -0.15) is 0 Å². The number of hydrogen-bond donors (Lipinski definition) is 0. The van der Waals surface area contributed by atoms with Crippen molar-refractivity contribution < 1.29 is 4.79 Å². The van der Waals surface area contributed by atoms with Crippen molar-refractivity contribution in [1.82, 2.24) is 0 Å². The summed E-state index contributed by atoms with van der Waals surface area (Å²) < 4.78 is 0. The zero-order valence-electron chi connectivity index (χ0n) is 12.2. The van der Waals surface area contributed by atoms with E-state index in [0.717, 1.165) is 19.3 Å². The molecule has 2 atom stereocenters. The van der Waals surface area contributed by atoms with Crippen molar-refractivity contribution in [2.24, 2.45) is 11.8 Å². The molecule has 3 saturated carbocycles. The Kier molecular flexibility index (Phi) is 2.95. The third kappa shape index (κ3) is 1.87. The van der Waals surface area contributed by atoms with Gasteiger partial charge in [-0.15, -0.1) is 0 Å². The van der Waals surface area contributed by atoms with Crippen molar-refractivity contribution in [3.8, 4) is 0 Å². The summed E-state index contributed by atoms with van der Waals surface area (Å²) in [5, 5.41) is 0. The predicted molar refractivity (Wildman–Crippen MR) is 84.1 cm³/mol. The molecule has 1 heteroatoms. The Labute approximate surface area is 126 Å². The molecule has 2 bridgehead atoms. The molecule has 0 heterocycles. The normalized spacial score (nSPS) is 26.8. The molecule has 0 aromatic heterocycles. The Morgan fingerprint density at radius 3 is 1.86 bits per heavy atom. The van der Waals surface area contributed by atoms with Crippen LogP contribution in [0.5, 0.6) is 0 Å². The summed E-state index contributed by atoms with van der Waals surface area (Å²) in [6.07, 6.45) is 4.19. The van der Waals surface area contributed by atoms with Gasteiger partial charge < -0.3 is 0 Å².